The van der Waals surface area contributed by atoms with E-state index >= 15 is 0 Å². The molecule has 0 aliphatic heterocycles. The minimum Gasteiger partial charge on any atom is -0.465 e. The number of benzene rings is 1. The van der Waals surface area contributed by atoms with Gasteiger partial charge in [-0.1, -0.05) is 11.6 Å². The molecule has 0 bridgehead atoms. The summed E-state index contributed by atoms with van der Waals surface area (Å²) in [5, 5.41) is 11.8. The second-order valence-corrected chi connectivity index (χ2v) is 7.12. The molecule has 0 amide bonds. The van der Waals surface area contributed by atoms with Crippen LogP contribution in [0.15, 0.2) is 41.4 Å². The summed E-state index contributed by atoms with van der Waals surface area (Å²) in [5.41, 5.74) is 0.423. The van der Waals surface area contributed by atoms with Crippen molar-refractivity contribution in [3.8, 4) is 6.07 Å². The number of rotatable bonds is 7. The first kappa shape index (κ1) is 19.7. The van der Waals surface area contributed by atoms with Crippen LogP contribution in [-0.2, 0) is 14.8 Å². The van der Waals surface area contributed by atoms with E-state index in [4.69, 9.17) is 16.9 Å². The molecule has 8 nitrogen and oxygen atoms in total. The van der Waals surface area contributed by atoms with Gasteiger partial charge in [0, 0.05) is 19.3 Å². The van der Waals surface area contributed by atoms with Crippen molar-refractivity contribution in [1.82, 2.24) is 9.71 Å². The molecule has 2 rings (SSSR count). The van der Waals surface area contributed by atoms with E-state index in [0.717, 1.165) is 6.07 Å². The average molecular weight is 395 g/mol. The van der Waals surface area contributed by atoms with Crippen molar-refractivity contribution < 1.29 is 17.9 Å². The molecule has 1 aromatic carbocycles. The van der Waals surface area contributed by atoms with E-state index in [1.807, 2.05) is 6.07 Å². The van der Waals surface area contributed by atoms with Gasteiger partial charge in [-0.3, -0.25) is 0 Å². The van der Waals surface area contributed by atoms with Crippen LogP contribution in [-0.4, -0.2) is 39.6 Å². The fourth-order valence-corrected chi connectivity index (χ4v) is 3.59. The van der Waals surface area contributed by atoms with Crippen LogP contribution in [0.4, 0.5) is 5.82 Å². The standard InChI is InChI=1S/C16H15ClN4O4S/c1-25-16(22)11-4-5-13(17)14(9-11)26(23,24)21-8-7-20-15-12(10-18)3-2-6-19-15/h2-6,9,21H,7-8H2,1H3,(H,19,20). The molecule has 2 N–H and O–H groups in total. The number of hydrogen-bond acceptors (Lipinski definition) is 7. The third-order valence-corrected chi connectivity index (χ3v) is 5.22. The van der Waals surface area contributed by atoms with Gasteiger partial charge in [0.25, 0.3) is 0 Å². The molecule has 26 heavy (non-hydrogen) atoms. The number of esters is 1. The normalized spacial score (nSPS) is 10.8. The van der Waals surface area contributed by atoms with E-state index in [2.05, 4.69) is 19.8 Å². The van der Waals surface area contributed by atoms with E-state index in [1.54, 1.807) is 12.1 Å². The lowest BCUT2D eigenvalue weighted by Crippen LogP contribution is -2.29. The summed E-state index contributed by atoms with van der Waals surface area (Å²) in [6.45, 7) is 0.210. The van der Waals surface area contributed by atoms with Crippen LogP contribution in [0.25, 0.3) is 0 Å². The zero-order chi connectivity index (χ0) is 19.2. The number of halogens is 1. The molecule has 1 aromatic heterocycles. The predicted molar refractivity (Wildman–Crippen MR) is 95.4 cm³/mol. The molecule has 0 fully saturated rings. The van der Waals surface area contributed by atoms with Gasteiger partial charge in [0.1, 0.15) is 16.8 Å². The van der Waals surface area contributed by atoms with E-state index in [1.165, 1.54) is 25.4 Å². The highest BCUT2D eigenvalue weighted by molar-refractivity contribution is 7.89. The minimum absolute atomic E-state index is 0.0164. The third-order valence-electron chi connectivity index (χ3n) is 3.28. The predicted octanol–water partition coefficient (Wildman–Crippen LogP) is 1.78. The number of methoxy groups -OCH3 is 1. The van der Waals surface area contributed by atoms with Gasteiger partial charge < -0.3 is 10.1 Å². The highest BCUT2D eigenvalue weighted by Crippen LogP contribution is 2.23. The quantitative estimate of drug-likeness (QED) is 0.542. The van der Waals surface area contributed by atoms with Crippen molar-refractivity contribution in [3.63, 3.8) is 0 Å². The Balaban J connectivity index is 2.05. The van der Waals surface area contributed by atoms with Gasteiger partial charge in [0.05, 0.1) is 23.3 Å². The number of pyridine rings is 1. The summed E-state index contributed by atoms with van der Waals surface area (Å²) < 4.78 is 31.8. The molecule has 0 spiro atoms. The SMILES string of the molecule is COC(=O)c1ccc(Cl)c(S(=O)(=O)NCCNc2ncccc2C#N)c1. The van der Waals surface area contributed by atoms with Crippen molar-refractivity contribution in [1.29, 1.82) is 5.26 Å². The number of carbonyl (C=O) groups is 1. The number of hydrogen-bond donors (Lipinski definition) is 2. The maximum absolute atomic E-state index is 12.4. The summed E-state index contributed by atoms with van der Waals surface area (Å²) >= 11 is 5.94. The molecule has 1 heterocycles. The first-order valence-corrected chi connectivity index (χ1v) is 9.21. The molecule has 2 aromatic rings. The maximum Gasteiger partial charge on any atom is 0.337 e. The van der Waals surface area contributed by atoms with Crippen LogP contribution in [0.3, 0.4) is 0 Å². The summed E-state index contributed by atoms with van der Waals surface area (Å²) in [5.74, 6) is -0.307. The number of sulfonamides is 1. The Labute approximate surface area is 155 Å². The second kappa shape index (κ2) is 8.62. The minimum atomic E-state index is -3.94. The fourth-order valence-electron chi connectivity index (χ4n) is 2.03. The Morgan fingerprint density at radius 1 is 1.35 bits per heavy atom. The molecule has 10 heteroatoms. The lowest BCUT2D eigenvalue weighted by Gasteiger charge is -2.11. The Hall–Kier alpha value is -2.67. The Morgan fingerprint density at radius 2 is 2.12 bits per heavy atom. The van der Waals surface area contributed by atoms with Gasteiger partial charge in [-0.25, -0.2) is 22.9 Å². The van der Waals surface area contributed by atoms with Crippen LogP contribution in [0, 0.1) is 11.3 Å². The number of carbonyl (C=O) groups excluding carboxylic acids is 1. The van der Waals surface area contributed by atoms with Crippen molar-refractivity contribution in [2.45, 2.75) is 4.90 Å². The topological polar surface area (TPSA) is 121 Å². The van der Waals surface area contributed by atoms with Gasteiger partial charge in [0.2, 0.25) is 10.0 Å². The molecular formula is C16H15ClN4O4S. The molecule has 0 atom stereocenters. The first-order valence-electron chi connectivity index (χ1n) is 7.35. The van der Waals surface area contributed by atoms with Crippen LogP contribution < -0.4 is 10.0 Å². The lowest BCUT2D eigenvalue weighted by molar-refractivity contribution is 0.0600. The smallest absolute Gasteiger partial charge is 0.337 e. The summed E-state index contributed by atoms with van der Waals surface area (Å²) in [6.07, 6.45) is 1.52. The number of ether oxygens (including phenoxy) is 1. The van der Waals surface area contributed by atoms with Gasteiger partial charge in [-0.2, -0.15) is 5.26 Å². The van der Waals surface area contributed by atoms with Crippen molar-refractivity contribution in [2.75, 3.05) is 25.5 Å². The van der Waals surface area contributed by atoms with Gasteiger partial charge in [-0.15, -0.1) is 0 Å². The molecule has 0 saturated carbocycles. The molecule has 0 radical (unpaired) electrons. The van der Waals surface area contributed by atoms with Crippen LogP contribution in [0.5, 0.6) is 0 Å². The summed E-state index contributed by atoms with van der Waals surface area (Å²) in [7, 11) is -2.74. The number of aromatic nitrogens is 1. The maximum atomic E-state index is 12.4. The lowest BCUT2D eigenvalue weighted by atomic mass is 10.2. The molecule has 136 valence electrons. The molecular weight excluding hydrogens is 380 g/mol. The number of nitriles is 1. The zero-order valence-electron chi connectivity index (χ0n) is 13.7. The largest absolute Gasteiger partial charge is 0.465 e. The van der Waals surface area contributed by atoms with Crippen molar-refractivity contribution in [3.05, 3.63) is 52.7 Å². The Morgan fingerprint density at radius 3 is 2.81 bits per heavy atom. The highest BCUT2D eigenvalue weighted by Gasteiger charge is 2.20. The Bertz CT molecular complexity index is 957. The van der Waals surface area contributed by atoms with Crippen LogP contribution in [0.2, 0.25) is 5.02 Å². The third kappa shape index (κ3) is 4.70. The number of nitrogens with zero attached hydrogens (tertiary/aromatic N) is 2. The molecule has 0 saturated heterocycles. The van der Waals surface area contributed by atoms with Gasteiger partial charge >= 0.3 is 5.97 Å². The molecule has 0 aliphatic carbocycles. The number of anilines is 1. The van der Waals surface area contributed by atoms with E-state index < -0.39 is 16.0 Å². The highest BCUT2D eigenvalue weighted by atomic mass is 35.5. The van der Waals surface area contributed by atoms with Gasteiger partial charge in [0.15, 0.2) is 0 Å². The van der Waals surface area contributed by atoms with Gasteiger partial charge in [-0.05, 0) is 30.3 Å². The Kier molecular flexibility index (Phi) is 6.52. The summed E-state index contributed by atoms with van der Waals surface area (Å²) in [6, 6.07) is 9.04. The zero-order valence-corrected chi connectivity index (χ0v) is 15.3. The monoisotopic (exact) mass is 394 g/mol. The first-order chi connectivity index (χ1) is 12.4. The molecule has 0 aliphatic rings. The van der Waals surface area contributed by atoms with Crippen molar-refractivity contribution in [2.24, 2.45) is 0 Å². The van der Waals surface area contributed by atoms with E-state index in [9.17, 15) is 13.2 Å². The second-order valence-electron chi connectivity index (χ2n) is 4.97. The van der Waals surface area contributed by atoms with E-state index in [-0.39, 0.29) is 28.6 Å². The fraction of sp³-hybridized carbons (Fsp3) is 0.188. The molecule has 0 unspecified atom stereocenters. The number of nitrogens with one attached hydrogen (secondary N) is 2. The van der Waals surface area contributed by atoms with Crippen LogP contribution >= 0.6 is 11.6 Å². The van der Waals surface area contributed by atoms with Crippen LogP contribution in [0.1, 0.15) is 15.9 Å². The van der Waals surface area contributed by atoms with Crippen molar-refractivity contribution >= 4 is 33.4 Å². The summed E-state index contributed by atoms with van der Waals surface area (Å²) in [4.78, 5) is 15.3. The average Bonchev–Trinajstić information content (AvgIpc) is 2.65. The van der Waals surface area contributed by atoms with E-state index in [0.29, 0.717) is 11.4 Å².